The standard InChI is InChI=1S/2C41H41N4O4.Zn/c1-42-40-37(28-14-8-5-9-15-28)39(45-41(40)49-33-19-11-17-31(25-33)47-3)36(29-20-22-43-23-21-29)38-34(27-12-6-4-7-13-27)26-35(44-38)48-32-18-10-16-30(24-32)46-2;1-46-30-15-9-17-32(23-30)48-36-25-34(27-11-5-3-6-12-27)39(44-36)38(29-19-21-43-22-20-29)40-37(28-13-7-4-8-14-28)35(26-42)41(45-40)49-33-18-10-16-31(24-33)47-2;/h10-11,16-28H,4-9,12-15H2,2-3H3;9-10,15-25,27-28H,3-8,11-14H2,1-2H3;/q2*-1;+2/b38-36-;40-38-;. The van der Waals surface area contributed by atoms with Gasteiger partial charge in [-0.2, -0.15) is 5.26 Å². The maximum atomic E-state index is 10.8. The summed E-state index contributed by atoms with van der Waals surface area (Å²) in [7, 11) is 6.55. The SMILES string of the molecule is COc1cccc(OC2=N/C(=C(/c3ccncc3)c3[n-]c(Oc4cccc(OC)c4)cc3C3CCCCC3)C(C3CCCCC3)=C2C#N)c1.[C-]#[N+]c1c(Oc2cccc(OC)c2)[n-]c(/C(=C2\N=C(Oc3cccc(OC)c3)C=C2C2CCCCC2)c2ccncc2)c1C1CCCCC1.[Zn+2]. The van der Waals surface area contributed by atoms with Gasteiger partial charge in [0.15, 0.2) is 0 Å². The van der Waals surface area contributed by atoms with Crippen molar-refractivity contribution >= 4 is 28.6 Å². The van der Waals surface area contributed by atoms with E-state index in [9.17, 15) is 5.26 Å². The van der Waals surface area contributed by atoms with E-state index in [0.717, 1.165) is 144 Å². The number of hydrogen-bond donors (Lipinski definition) is 0. The summed E-state index contributed by atoms with van der Waals surface area (Å²) in [5.41, 5.74) is 12.0. The second-order valence-corrected chi connectivity index (χ2v) is 25.8. The molecule has 14 rings (SSSR count). The molecule has 4 aromatic heterocycles. The zero-order chi connectivity index (χ0) is 67.2. The van der Waals surface area contributed by atoms with Crippen LogP contribution in [0.3, 0.4) is 0 Å². The van der Waals surface area contributed by atoms with Crippen molar-refractivity contribution in [2.45, 2.75) is 140 Å². The van der Waals surface area contributed by atoms with Crippen LogP contribution in [0.1, 0.15) is 174 Å². The quantitative estimate of drug-likeness (QED) is 0.0585. The number of nitrogens with zero attached hydrogens (tertiary/aromatic N) is 8. The van der Waals surface area contributed by atoms with Crippen LogP contribution in [0.25, 0.3) is 16.0 Å². The van der Waals surface area contributed by atoms with Gasteiger partial charge in [-0.15, -0.1) is 11.4 Å². The number of methoxy groups -OCH3 is 4. The van der Waals surface area contributed by atoms with E-state index < -0.39 is 0 Å². The molecule has 4 saturated carbocycles. The first-order valence-electron chi connectivity index (χ1n) is 34.7. The molecule has 4 fully saturated rings. The normalized spacial score (nSPS) is 17.8. The van der Waals surface area contributed by atoms with E-state index in [1.165, 1.54) is 51.4 Å². The number of aliphatic imine (C=N–C) groups is 2. The Labute approximate surface area is 593 Å². The summed E-state index contributed by atoms with van der Waals surface area (Å²) < 4.78 is 47.6. The van der Waals surface area contributed by atoms with E-state index in [2.05, 4.69) is 33.0 Å². The minimum atomic E-state index is 0. The average Bonchev–Trinajstić information content (AvgIpc) is 1.62. The second kappa shape index (κ2) is 33.1. The molecule has 0 bridgehead atoms. The Morgan fingerprint density at radius 1 is 0.475 bits per heavy atom. The molecule has 6 aliphatic rings. The second-order valence-electron chi connectivity index (χ2n) is 25.8. The molecule has 0 atom stereocenters. The number of nitriles is 1. The molecule has 8 aromatic rings. The molecule has 99 heavy (non-hydrogen) atoms. The molecule has 0 radical (unpaired) electrons. The van der Waals surface area contributed by atoms with E-state index in [0.29, 0.717) is 92.6 Å². The summed E-state index contributed by atoms with van der Waals surface area (Å²) in [6.45, 7) is 8.43. The Balaban J connectivity index is 0.000000186. The van der Waals surface area contributed by atoms with E-state index in [-0.39, 0.29) is 31.3 Å². The molecule has 4 aliphatic carbocycles. The Morgan fingerprint density at radius 3 is 1.41 bits per heavy atom. The minimum absolute atomic E-state index is 0. The van der Waals surface area contributed by atoms with Crippen molar-refractivity contribution < 1.29 is 57.4 Å². The number of allylic oxidation sites excluding steroid dienone is 2. The fourth-order valence-corrected chi connectivity index (χ4v) is 14.9. The van der Waals surface area contributed by atoms with Crippen LogP contribution in [-0.4, -0.2) is 50.2 Å². The van der Waals surface area contributed by atoms with Gasteiger partial charge in [-0.25, -0.2) is 14.8 Å². The predicted molar refractivity (Wildman–Crippen MR) is 380 cm³/mol. The molecule has 500 valence electrons. The monoisotopic (exact) mass is 1370 g/mol. The van der Waals surface area contributed by atoms with Crippen LogP contribution in [-0.2, 0) is 19.5 Å². The van der Waals surface area contributed by atoms with Crippen LogP contribution < -0.4 is 47.9 Å². The molecule has 4 aromatic carbocycles. The average molecular weight is 1370 g/mol. The number of aromatic nitrogens is 4. The van der Waals surface area contributed by atoms with Gasteiger partial charge in [0, 0.05) is 72.5 Å². The number of hydrogen-bond acceptors (Lipinski definition) is 13. The third kappa shape index (κ3) is 16.0. The van der Waals surface area contributed by atoms with Gasteiger partial charge in [-0.05, 0) is 182 Å². The van der Waals surface area contributed by atoms with Crippen molar-refractivity contribution in [3.05, 3.63) is 231 Å². The van der Waals surface area contributed by atoms with Gasteiger partial charge in [0.2, 0.25) is 17.5 Å². The minimum Gasteiger partial charge on any atom is -0.637 e. The molecule has 0 N–H and O–H groups in total. The van der Waals surface area contributed by atoms with Gasteiger partial charge in [-0.1, -0.05) is 112 Å². The van der Waals surface area contributed by atoms with Crippen LogP contribution in [0.4, 0.5) is 5.69 Å². The van der Waals surface area contributed by atoms with Gasteiger partial charge < -0.3 is 47.9 Å². The smallest absolute Gasteiger partial charge is 0.637 e. The number of benzene rings is 4. The molecule has 2 aliphatic heterocycles. The first-order valence-corrected chi connectivity index (χ1v) is 34.7. The zero-order valence-corrected chi connectivity index (χ0v) is 60.0. The van der Waals surface area contributed by atoms with E-state index in [1.807, 2.05) is 121 Å². The maximum absolute atomic E-state index is 10.8. The number of pyridine rings is 2. The predicted octanol–water partition coefficient (Wildman–Crippen LogP) is 19.7. The van der Waals surface area contributed by atoms with E-state index >= 15 is 0 Å². The fourth-order valence-electron chi connectivity index (χ4n) is 14.9. The molecule has 17 heteroatoms. The summed E-state index contributed by atoms with van der Waals surface area (Å²) in [5, 5.41) is 10.8. The maximum Gasteiger partial charge on any atom is 2.00 e. The van der Waals surface area contributed by atoms with Gasteiger partial charge in [0.05, 0.1) is 46.4 Å². The first-order chi connectivity index (χ1) is 48.3. The van der Waals surface area contributed by atoms with E-state index in [4.69, 9.17) is 64.4 Å². The Hall–Kier alpha value is -9.96. The van der Waals surface area contributed by atoms with Crippen molar-refractivity contribution in [1.82, 2.24) is 19.9 Å². The zero-order valence-electron chi connectivity index (χ0n) is 57.0. The Bertz CT molecular complexity index is 4410. The third-order valence-corrected chi connectivity index (χ3v) is 19.7. The number of rotatable bonds is 18. The van der Waals surface area contributed by atoms with Crippen molar-refractivity contribution in [1.29, 1.82) is 5.26 Å². The summed E-state index contributed by atoms with van der Waals surface area (Å²) in [6.07, 6.45) is 31.6. The van der Waals surface area contributed by atoms with Crippen LogP contribution in [0.5, 0.6) is 57.8 Å². The van der Waals surface area contributed by atoms with Gasteiger partial charge in [0.1, 0.15) is 57.6 Å². The summed E-state index contributed by atoms with van der Waals surface area (Å²) in [4.78, 5) is 33.8. The summed E-state index contributed by atoms with van der Waals surface area (Å²) in [6, 6.07) is 42.6. The van der Waals surface area contributed by atoms with Crippen LogP contribution in [0.15, 0.2) is 196 Å². The molecule has 0 spiro atoms. The summed E-state index contributed by atoms with van der Waals surface area (Å²) >= 11 is 0. The van der Waals surface area contributed by atoms with Crippen molar-refractivity contribution in [2.75, 3.05) is 28.4 Å². The van der Waals surface area contributed by atoms with Gasteiger partial charge >= 0.3 is 19.5 Å². The molecule has 0 amide bonds. The van der Waals surface area contributed by atoms with E-state index in [1.54, 1.807) is 53.2 Å². The number of ether oxygens (including phenoxy) is 8. The molecular formula is C82H82N8O8Zn. The first kappa shape index (κ1) is 69.0. The molecule has 16 nitrogen and oxygen atoms in total. The fraction of sp³-hybridized carbons (Fsp3) is 0.341. The van der Waals surface area contributed by atoms with Crippen LogP contribution >= 0.6 is 0 Å². The van der Waals surface area contributed by atoms with Crippen molar-refractivity contribution in [3.8, 4) is 63.8 Å². The third-order valence-electron chi connectivity index (χ3n) is 19.7. The topological polar surface area (TPSA) is 181 Å². The molecular weight excluding hydrogens is 1290 g/mol. The summed E-state index contributed by atoms with van der Waals surface area (Å²) in [5.74, 6) is 7.88. The Kier molecular flexibility index (Phi) is 23.0. The van der Waals surface area contributed by atoms with Gasteiger partial charge in [-0.3, -0.25) is 9.97 Å². The molecule has 0 unspecified atom stereocenters. The van der Waals surface area contributed by atoms with Crippen LogP contribution in [0.2, 0.25) is 0 Å². The Morgan fingerprint density at radius 2 is 0.919 bits per heavy atom. The van der Waals surface area contributed by atoms with Gasteiger partial charge in [0.25, 0.3) is 0 Å². The van der Waals surface area contributed by atoms with Crippen LogP contribution in [0, 0.1) is 29.7 Å². The largest absolute Gasteiger partial charge is 2.00 e. The molecule has 6 heterocycles. The van der Waals surface area contributed by atoms with Crippen molar-refractivity contribution in [3.63, 3.8) is 0 Å². The van der Waals surface area contributed by atoms with Crippen molar-refractivity contribution in [2.24, 2.45) is 21.8 Å². The molecule has 0 saturated heterocycles.